The Morgan fingerprint density at radius 1 is 1.42 bits per heavy atom. The fourth-order valence-electron chi connectivity index (χ4n) is 1.85. The molecule has 19 heavy (non-hydrogen) atoms. The van der Waals surface area contributed by atoms with Crippen molar-refractivity contribution in [2.75, 3.05) is 12.4 Å². The van der Waals surface area contributed by atoms with Crippen molar-refractivity contribution in [2.24, 2.45) is 0 Å². The van der Waals surface area contributed by atoms with Crippen molar-refractivity contribution < 1.29 is 8.42 Å². The number of pyridine rings is 1. The standard InChI is InChI=1S/C12H20ClN3O2S/c1-5-6-12(2,3)16-19(17,18)9-7-10(13)11(14-4)15-8-9/h7-8,16H,5-6H2,1-4H3,(H,14,15). The Kier molecular flexibility index (Phi) is 5.18. The molecule has 0 fully saturated rings. The van der Waals surface area contributed by atoms with Crippen LogP contribution in [0, 0.1) is 0 Å². The molecule has 5 nitrogen and oxygen atoms in total. The van der Waals surface area contributed by atoms with Crippen molar-refractivity contribution >= 4 is 27.4 Å². The van der Waals surface area contributed by atoms with Crippen LogP contribution in [0.1, 0.15) is 33.6 Å². The minimum Gasteiger partial charge on any atom is -0.372 e. The molecule has 108 valence electrons. The molecule has 0 atom stereocenters. The van der Waals surface area contributed by atoms with E-state index in [0.29, 0.717) is 5.82 Å². The molecule has 0 saturated heterocycles. The largest absolute Gasteiger partial charge is 0.372 e. The second kappa shape index (κ2) is 6.07. The van der Waals surface area contributed by atoms with Gasteiger partial charge in [0, 0.05) is 18.8 Å². The first kappa shape index (κ1) is 16.2. The van der Waals surface area contributed by atoms with Gasteiger partial charge in [-0.3, -0.25) is 0 Å². The average Bonchev–Trinajstić information content (AvgIpc) is 2.27. The fourth-order valence-corrected chi connectivity index (χ4v) is 3.59. The van der Waals surface area contributed by atoms with E-state index in [1.165, 1.54) is 12.3 Å². The van der Waals surface area contributed by atoms with Crippen LogP contribution in [0.3, 0.4) is 0 Å². The summed E-state index contributed by atoms with van der Waals surface area (Å²) in [5.74, 6) is 0.452. The van der Waals surface area contributed by atoms with E-state index in [1.54, 1.807) is 7.05 Å². The molecule has 0 unspecified atom stereocenters. The zero-order chi connectivity index (χ0) is 14.7. The molecule has 1 heterocycles. The van der Waals surface area contributed by atoms with Gasteiger partial charge in [-0.1, -0.05) is 24.9 Å². The van der Waals surface area contributed by atoms with Gasteiger partial charge in [0.25, 0.3) is 0 Å². The summed E-state index contributed by atoms with van der Waals surface area (Å²) >= 11 is 5.95. The van der Waals surface area contributed by atoms with E-state index in [9.17, 15) is 8.42 Å². The van der Waals surface area contributed by atoms with Crippen LogP contribution in [-0.4, -0.2) is 26.0 Å². The van der Waals surface area contributed by atoms with E-state index in [4.69, 9.17) is 11.6 Å². The molecule has 0 spiro atoms. The molecule has 0 amide bonds. The van der Waals surface area contributed by atoms with Crippen LogP contribution in [0.15, 0.2) is 17.2 Å². The van der Waals surface area contributed by atoms with Crippen LogP contribution < -0.4 is 10.0 Å². The van der Waals surface area contributed by atoms with Gasteiger partial charge in [0.1, 0.15) is 10.7 Å². The number of nitrogens with zero attached hydrogens (tertiary/aromatic N) is 1. The number of nitrogens with one attached hydrogen (secondary N) is 2. The highest BCUT2D eigenvalue weighted by molar-refractivity contribution is 7.89. The number of sulfonamides is 1. The van der Waals surface area contributed by atoms with Crippen molar-refractivity contribution in [2.45, 2.75) is 44.0 Å². The predicted octanol–water partition coefficient (Wildman–Crippen LogP) is 2.63. The molecule has 0 bridgehead atoms. The number of rotatable bonds is 6. The number of anilines is 1. The second-order valence-electron chi connectivity index (χ2n) is 4.99. The van der Waals surface area contributed by atoms with E-state index in [-0.39, 0.29) is 9.92 Å². The Hall–Kier alpha value is -0.850. The van der Waals surface area contributed by atoms with Crippen LogP contribution in [-0.2, 0) is 10.0 Å². The second-order valence-corrected chi connectivity index (χ2v) is 7.08. The van der Waals surface area contributed by atoms with Crippen LogP contribution in [0.5, 0.6) is 0 Å². The van der Waals surface area contributed by atoms with Crippen molar-refractivity contribution in [3.8, 4) is 0 Å². The molecule has 1 aromatic heterocycles. The third-order valence-corrected chi connectivity index (χ3v) is 4.60. The topological polar surface area (TPSA) is 71.1 Å². The predicted molar refractivity (Wildman–Crippen MR) is 78.1 cm³/mol. The van der Waals surface area contributed by atoms with E-state index < -0.39 is 15.6 Å². The lowest BCUT2D eigenvalue weighted by Gasteiger charge is -2.25. The summed E-state index contributed by atoms with van der Waals surface area (Å²) < 4.78 is 27.2. The quantitative estimate of drug-likeness (QED) is 0.847. The smallest absolute Gasteiger partial charge is 0.242 e. The summed E-state index contributed by atoms with van der Waals surface area (Å²) in [6, 6.07) is 1.39. The van der Waals surface area contributed by atoms with Crippen molar-refractivity contribution in [1.82, 2.24) is 9.71 Å². The van der Waals surface area contributed by atoms with Crippen LogP contribution in [0.4, 0.5) is 5.82 Å². The van der Waals surface area contributed by atoms with Gasteiger partial charge < -0.3 is 5.32 Å². The van der Waals surface area contributed by atoms with Crippen molar-refractivity contribution in [3.05, 3.63) is 17.3 Å². The molecular formula is C12H20ClN3O2S. The highest BCUT2D eigenvalue weighted by Gasteiger charge is 2.26. The maximum Gasteiger partial charge on any atom is 0.242 e. The molecular weight excluding hydrogens is 286 g/mol. The SMILES string of the molecule is CCCC(C)(C)NS(=O)(=O)c1cnc(NC)c(Cl)c1. The maximum atomic E-state index is 12.2. The Bertz CT molecular complexity index is 544. The fraction of sp³-hybridized carbons (Fsp3) is 0.583. The average molecular weight is 306 g/mol. The van der Waals surface area contributed by atoms with E-state index in [0.717, 1.165) is 12.8 Å². The minimum absolute atomic E-state index is 0.0701. The van der Waals surface area contributed by atoms with E-state index in [2.05, 4.69) is 15.0 Å². The Morgan fingerprint density at radius 2 is 2.05 bits per heavy atom. The van der Waals surface area contributed by atoms with Gasteiger partial charge in [0.15, 0.2) is 0 Å². The number of hydrogen-bond donors (Lipinski definition) is 2. The molecule has 0 aliphatic carbocycles. The summed E-state index contributed by atoms with van der Waals surface area (Å²) in [7, 11) is -1.94. The molecule has 7 heteroatoms. The van der Waals surface area contributed by atoms with E-state index in [1.807, 2.05) is 20.8 Å². The highest BCUT2D eigenvalue weighted by atomic mass is 35.5. The minimum atomic E-state index is -3.61. The molecule has 2 N–H and O–H groups in total. The summed E-state index contributed by atoms with van der Waals surface area (Å²) in [4.78, 5) is 4.05. The third-order valence-electron chi connectivity index (χ3n) is 2.65. The van der Waals surface area contributed by atoms with Crippen LogP contribution in [0.25, 0.3) is 0 Å². The Balaban J connectivity index is 3.04. The summed E-state index contributed by atoms with van der Waals surface area (Å²) in [5.41, 5.74) is -0.498. The molecule has 1 rings (SSSR count). The van der Waals surface area contributed by atoms with Crippen LogP contribution in [0.2, 0.25) is 5.02 Å². The lowest BCUT2D eigenvalue weighted by molar-refractivity contribution is 0.417. The number of aromatic nitrogens is 1. The zero-order valence-electron chi connectivity index (χ0n) is 11.6. The van der Waals surface area contributed by atoms with Gasteiger partial charge >= 0.3 is 0 Å². The maximum absolute atomic E-state index is 12.2. The lowest BCUT2D eigenvalue weighted by Crippen LogP contribution is -2.43. The van der Waals surface area contributed by atoms with Gasteiger partial charge in [0.05, 0.1) is 5.02 Å². The molecule has 0 aliphatic heterocycles. The third kappa shape index (κ3) is 4.33. The van der Waals surface area contributed by atoms with Crippen molar-refractivity contribution in [1.29, 1.82) is 0 Å². The first-order chi connectivity index (χ1) is 8.72. The van der Waals surface area contributed by atoms with Crippen LogP contribution >= 0.6 is 11.6 Å². The Labute approximate surface area is 119 Å². The monoisotopic (exact) mass is 305 g/mol. The summed E-state index contributed by atoms with van der Waals surface area (Å²) in [6.45, 7) is 5.71. The Morgan fingerprint density at radius 3 is 2.53 bits per heavy atom. The highest BCUT2D eigenvalue weighted by Crippen LogP contribution is 2.23. The van der Waals surface area contributed by atoms with Crippen molar-refractivity contribution in [3.63, 3.8) is 0 Å². The zero-order valence-corrected chi connectivity index (χ0v) is 13.2. The van der Waals surface area contributed by atoms with E-state index >= 15 is 0 Å². The molecule has 0 radical (unpaired) electrons. The molecule has 0 aliphatic rings. The normalized spacial score (nSPS) is 12.5. The number of hydrogen-bond acceptors (Lipinski definition) is 4. The molecule has 0 aromatic carbocycles. The number of halogens is 1. The summed E-state index contributed by atoms with van der Waals surface area (Å²) in [5, 5.41) is 3.06. The molecule has 1 aromatic rings. The first-order valence-electron chi connectivity index (χ1n) is 6.09. The van der Waals surface area contributed by atoms with Gasteiger partial charge in [-0.15, -0.1) is 0 Å². The molecule has 0 saturated carbocycles. The van der Waals surface area contributed by atoms with Gasteiger partial charge in [-0.25, -0.2) is 18.1 Å². The van der Waals surface area contributed by atoms with Gasteiger partial charge in [-0.2, -0.15) is 0 Å². The van der Waals surface area contributed by atoms with Gasteiger partial charge in [0.2, 0.25) is 10.0 Å². The lowest BCUT2D eigenvalue weighted by atomic mass is 10.0. The van der Waals surface area contributed by atoms with Gasteiger partial charge in [-0.05, 0) is 26.3 Å². The summed E-state index contributed by atoms with van der Waals surface area (Å²) in [6.07, 6.45) is 2.94. The first-order valence-corrected chi connectivity index (χ1v) is 7.95.